The topological polar surface area (TPSA) is 27.7 Å². The van der Waals surface area contributed by atoms with Crippen molar-refractivity contribution in [2.24, 2.45) is 0 Å². The summed E-state index contributed by atoms with van der Waals surface area (Å²) in [5, 5.41) is 4.80. The molecule has 1 fully saturated rings. The van der Waals surface area contributed by atoms with Crippen LogP contribution in [0.3, 0.4) is 0 Å². The van der Waals surface area contributed by atoms with Gasteiger partial charge in [-0.25, -0.2) is 0 Å². The monoisotopic (exact) mass is 361 g/mol. The molecule has 0 aromatic heterocycles. The lowest BCUT2D eigenvalue weighted by atomic mass is 10.2. The quantitative estimate of drug-likeness (QED) is 0.838. The maximum atomic E-state index is 6.08. The fourth-order valence-electron chi connectivity index (χ4n) is 2.74. The van der Waals surface area contributed by atoms with Crippen LogP contribution in [0.15, 0.2) is 48.5 Å². The number of nitrogens with one attached hydrogen (secondary N) is 1. The molecule has 0 aliphatic carbocycles. The predicted molar refractivity (Wildman–Crippen MR) is 104 cm³/mol. The number of thiocarbonyl (C=S) groups is 1. The number of hydrogen-bond donors (Lipinski definition) is 1. The molecule has 0 atom stereocenters. The Balaban J connectivity index is 1.57. The van der Waals surface area contributed by atoms with Crippen LogP contribution in [0.1, 0.15) is 0 Å². The fourth-order valence-corrected chi connectivity index (χ4v) is 3.23. The lowest BCUT2D eigenvalue weighted by Gasteiger charge is -2.37. The second-order valence-electron chi connectivity index (χ2n) is 5.62. The second kappa shape index (κ2) is 7.73. The second-order valence-corrected chi connectivity index (χ2v) is 6.44. The Bertz CT molecular complexity index is 717. The Morgan fingerprint density at radius 1 is 1.08 bits per heavy atom. The lowest BCUT2D eigenvalue weighted by molar-refractivity contribution is 0.391. The molecule has 6 heteroatoms. The van der Waals surface area contributed by atoms with Crippen LogP contribution >= 0.6 is 23.8 Å². The average molecular weight is 362 g/mol. The number of anilines is 2. The molecule has 2 aromatic carbocycles. The highest BCUT2D eigenvalue weighted by Gasteiger charge is 2.19. The summed E-state index contributed by atoms with van der Waals surface area (Å²) in [6, 6.07) is 15.8. The zero-order valence-corrected chi connectivity index (χ0v) is 15.1. The molecule has 0 radical (unpaired) electrons. The van der Waals surface area contributed by atoms with Crippen molar-refractivity contribution in [2.75, 3.05) is 43.5 Å². The highest BCUT2D eigenvalue weighted by atomic mass is 35.5. The van der Waals surface area contributed by atoms with Crippen molar-refractivity contribution in [3.05, 3.63) is 53.6 Å². The van der Waals surface area contributed by atoms with Crippen LogP contribution in [0.25, 0.3) is 0 Å². The number of benzene rings is 2. The summed E-state index contributed by atoms with van der Waals surface area (Å²) in [5.74, 6) is 0.813. The van der Waals surface area contributed by atoms with E-state index in [1.54, 1.807) is 7.11 Å². The van der Waals surface area contributed by atoms with Crippen LogP contribution in [0, 0.1) is 0 Å². The molecule has 0 unspecified atom stereocenters. The Morgan fingerprint density at radius 3 is 2.54 bits per heavy atom. The van der Waals surface area contributed by atoms with E-state index in [0.29, 0.717) is 0 Å². The highest BCUT2D eigenvalue weighted by Crippen LogP contribution is 2.21. The SMILES string of the molecule is COc1cccc(NC(=S)N2CCN(c3cccc(Cl)c3)CC2)c1. The molecule has 2 aromatic rings. The van der Waals surface area contributed by atoms with E-state index < -0.39 is 0 Å². The molecule has 0 spiro atoms. The van der Waals surface area contributed by atoms with Gasteiger partial charge in [-0.15, -0.1) is 0 Å². The van der Waals surface area contributed by atoms with E-state index in [1.165, 1.54) is 0 Å². The Labute approximate surface area is 153 Å². The van der Waals surface area contributed by atoms with Gasteiger partial charge in [0.15, 0.2) is 5.11 Å². The summed E-state index contributed by atoms with van der Waals surface area (Å²) >= 11 is 11.6. The van der Waals surface area contributed by atoms with Gasteiger partial charge in [-0.1, -0.05) is 23.7 Å². The first-order chi connectivity index (χ1) is 11.7. The average Bonchev–Trinajstić information content (AvgIpc) is 2.62. The zero-order chi connectivity index (χ0) is 16.9. The van der Waals surface area contributed by atoms with E-state index >= 15 is 0 Å². The molecule has 1 aliphatic rings. The van der Waals surface area contributed by atoms with Crippen LogP contribution in [-0.2, 0) is 0 Å². The highest BCUT2D eigenvalue weighted by molar-refractivity contribution is 7.80. The number of ether oxygens (including phenoxy) is 1. The molecule has 1 aliphatic heterocycles. The van der Waals surface area contributed by atoms with Crippen molar-refractivity contribution in [3.8, 4) is 5.75 Å². The molecular formula is C18H20ClN3OS. The first-order valence-corrected chi connectivity index (χ1v) is 8.65. The van der Waals surface area contributed by atoms with Crippen LogP contribution in [-0.4, -0.2) is 43.3 Å². The minimum Gasteiger partial charge on any atom is -0.497 e. The smallest absolute Gasteiger partial charge is 0.173 e. The van der Waals surface area contributed by atoms with Crippen LogP contribution in [0.2, 0.25) is 5.02 Å². The van der Waals surface area contributed by atoms with Gasteiger partial charge in [-0.2, -0.15) is 0 Å². The summed E-state index contributed by atoms with van der Waals surface area (Å²) in [4.78, 5) is 4.52. The number of rotatable bonds is 3. The van der Waals surface area contributed by atoms with Crippen molar-refractivity contribution in [2.45, 2.75) is 0 Å². The molecule has 0 saturated carbocycles. The number of piperazine rings is 1. The van der Waals surface area contributed by atoms with E-state index in [-0.39, 0.29) is 0 Å². The summed E-state index contributed by atoms with van der Waals surface area (Å²) in [7, 11) is 1.66. The maximum Gasteiger partial charge on any atom is 0.173 e. The van der Waals surface area contributed by atoms with Crippen molar-refractivity contribution in [1.82, 2.24) is 4.90 Å². The molecule has 24 heavy (non-hydrogen) atoms. The molecule has 0 amide bonds. The van der Waals surface area contributed by atoms with Gasteiger partial charge >= 0.3 is 0 Å². The van der Waals surface area contributed by atoms with Crippen molar-refractivity contribution in [3.63, 3.8) is 0 Å². The van der Waals surface area contributed by atoms with Gasteiger partial charge in [0.25, 0.3) is 0 Å². The van der Waals surface area contributed by atoms with Gasteiger partial charge < -0.3 is 19.9 Å². The molecule has 126 valence electrons. The van der Waals surface area contributed by atoms with E-state index in [4.69, 9.17) is 28.6 Å². The fraction of sp³-hybridized carbons (Fsp3) is 0.278. The van der Waals surface area contributed by atoms with Gasteiger partial charge in [-0.05, 0) is 42.5 Å². The molecule has 1 heterocycles. The molecular weight excluding hydrogens is 342 g/mol. The minimum absolute atomic E-state index is 0.744. The zero-order valence-electron chi connectivity index (χ0n) is 13.5. The van der Waals surface area contributed by atoms with E-state index in [1.807, 2.05) is 42.5 Å². The largest absolute Gasteiger partial charge is 0.497 e. The van der Waals surface area contributed by atoms with Gasteiger partial charge in [0, 0.05) is 48.6 Å². The molecule has 1 saturated heterocycles. The third kappa shape index (κ3) is 4.10. The Hall–Kier alpha value is -1.98. The van der Waals surface area contributed by atoms with E-state index in [9.17, 15) is 0 Å². The van der Waals surface area contributed by atoms with E-state index in [2.05, 4.69) is 21.2 Å². The van der Waals surface area contributed by atoms with Crippen LogP contribution in [0.5, 0.6) is 5.75 Å². The van der Waals surface area contributed by atoms with Crippen molar-refractivity contribution in [1.29, 1.82) is 0 Å². The van der Waals surface area contributed by atoms with Crippen molar-refractivity contribution < 1.29 is 4.74 Å². The number of nitrogens with zero attached hydrogens (tertiary/aromatic N) is 2. The normalized spacial score (nSPS) is 14.4. The van der Waals surface area contributed by atoms with Crippen molar-refractivity contribution >= 4 is 40.3 Å². The predicted octanol–water partition coefficient (Wildman–Crippen LogP) is 3.87. The number of methoxy groups -OCH3 is 1. The molecule has 3 rings (SSSR count). The molecule has 4 nitrogen and oxygen atoms in total. The molecule has 1 N–H and O–H groups in total. The summed E-state index contributed by atoms with van der Waals surface area (Å²) < 4.78 is 5.24. The third-order valence-electron chi connectivity index (χ3n) is 4.06. The Kier molecular flexibility index (Phi) is 5.43. The van der Waals surface area contributed by atoms with Crippen LogP contribution < -0.4 is 15.0 Å². The third-order valence-corrected chi connectivity index (χ3v) is 4.66. The van der Waals surface area contributed by atoms with Gasteiger partial charge in [0.05, 0.1) is 7.11 Å². The van der Waals surface area contributed by atoms with E-state index in [0.717, 1.165) is 53.4 Å². The summed E-state index contributed by atoms with van der Waals surface area (Å²) in [6.45, 7) is 3.59. The van der Waals surface area contributed by atoms with Crippen LogP contribution in [0.4, 0.5) is 11.4 Å². The first kappa shape index (κ1) is 16.9. The van der Waals surface area contributed by atoms with Gasteiger partial charge in [-0.3, -0.25) is 0 Å². The number of hydrogen-bond acceptors (Lipinski definition) is 3. The molecule has 0 bridgehead atoms. The Morgan fingerprint density at radius 2 is 1.83 bits per heavy atom. The lowest BCUT2D eigenvalue weighted by Crippen LogP contribution is -2.50. The maximum absolute atomic E-state index is 6.08. The number of halogens is 1. The standard InChI is InChI=1S/C18H20ClN3OS/c1-23-17-7-3-5-15(13-17)20-18(24)22-10-8-21(9-11-22)16-6-2-4-14(19)12-16/h2-7,12-13H,8-11H2,1H3,(H,20,24). The summed E-state index contributed by atoms with van der Waals surface area (Å²) in [5.41, 5.74) is 2.10. The van der Waals surface area contributed by atoms with Gasteiger partial charge in [0.1, 0.15) is 5.75 Å². The first-order valence-electron chi connectivity index (χ1n) is 7.86. The summed E-state index contributed by atoms with van der Waals surface area (Å²) in [6.07, 6.45) is 0. The minimum atomic E-state index is 0.744. The van der Waals surface area contributed by atoms with Gasteiger partial charge in [0.2, 0.25) is 0 Å².